The molecule has 3 aromatic rings. The van der Waals surface area contributed by atoms with Gasteiger partial charge in [0.1, 0.15) is 23.7 Å². The van der Waals surface area contributed by atoms with Crippen LogP contribution in [0.1, 0.15) is 55.3 Å². The Kier molecular flexibility index (Phi) is 9.38. The van der Waals surface area contributed by atoms with Crippen LogP contribution in [0.3, 0.4) is 0 Å². The van der Waals surface area contributed by atoms with Crippen LogP contribution in [-0.4, -0.2) is 36.9 Å². The number of fused-ring (bicyclic) bond motifs is 1. The lowest BCUT2D eigenvalue weighted by Gasteiger charge is -2.19. The molecular weight excluding hydrogens is 534 g/mol. The molecule has 0 aliphatic heterocycles. The number of para-hydroxylation sites is 1. The van der Waals surface area contributed by atoms with E-state index in [0.29, 0.717) is 13.0 Å². The molecule has 0 fully saturated rings. The highest BCUT2D eigenvalue weighted by Crippen LogP contribution is 2.36. The topological polar surface area (TPSA) is 42.7 Å². The quantitative estimate of drug-likeness (QED) is 0.214. The van der Waals surface area contributed by atoms with Gasteiger partial charge in [-0.05, 0) is 75.1 Å². The Morgan fingerprint density at radius 1 is 1.06 bits per heavy atom. The summed E-state index contributed by atoms with van der Waals surface area (Å²) in [7, 11) is 0. The fourth-order valence-electron chi connectivity index (χ4n) is 3.86. The van der Waals surface area contributed by atoms with Gasteiger partial charge in [0.25, 0.3) is 0 Å². The zero-order valence-electron chi connectivity index (χ0n) is 19.0. The van der Waals surface area contributed by atoms with E-state index in [-0.39, 0.29) is 5.78 Å². The predicted octanol–water partition coefficient (Wildman–Crippen LogP) is 7.45. The zero-order valence-corrected chi connectivity index (χ0v) is 22.2. The molecule has 1 heterocycles. The van der Waals surface area contributed by atoms with Gasteiger partial charge >= 0.3 is 0 Å². The number of benzene rings is 2. The Hall–Kier alpha value is -1.63. The number of furan rings is 1. The van der Waals surface area contributed by atoms with Gasteiger partial charge in [0.15, 0.2) is 5.78 Å². The van der Waals surface area contributed by atoms with Crippen molar-refractivity contribution in [3.8, 4) is 5.75 Å². The SMILES string of the molecule is CCCCc1oc2ccccc2c1C(=O)Cc1cc(Br)c(OCCN(CC)CC)c(Br)c1. The molecule has 32 heavy (non-hydrogen) atoms. The number of Topliss-reactive ketones (excluding diaryl/α,β-unsaturated/α-hetero) is 1. The maximum atomic E-state index is 13.4. The third-order valence-corrected chi connectivity index (χ3v) is 6.85. The first kappa shape index (κ1) is 25.0. The van der Waals surface area contributed by atoms with Crippen molar-refractivity contribution in [1.82, 2.24) is 4.90 Å². The average Bonchev–Trinajstić information content (AvgIpc) is 3.15. The van der Waals surface area contributed by atoms with Gasteiger partial charge in [-0.15, -0.1) is 0 Å². The van der Waals surface area contributed by atoms with Crippen molar-refractivity contribution in [2.75, 3.05) is 26.2 Å². The Morgan fingerprint density at radius 2 is 1.75 bits per heavy atom. The number of halogens is 2. The Morgan fingerprint density at radius 3 is 2.41 bits per heavy atom. The molecule has 0 amide bonds. The second-order valence-corrected chi connectivity index (χ2v) is 9.57. The number of rotatable bonds is 12. The largest absolute Gasteiger partial charge is 0.490 e. The summed E-state index contributed by atoms with van der Waals surface area (Å²) < 4.78 is 13.8. The summed E-state index contributed by atoms with van der Waals surface area (Å²) >= 11 is 7.26. The van der Waals surface area contributed by atoms with Gasteiger partial charge in [0.05, 0.1) is 14.5 Å². The molecule has 0 saturated heterocycles. The number of hydrogen-bond donors (Lipinski definition) is 0. The van der Waals surface area contributed by atoms with Crippen molar-refractivity contribution < 1.29 is 13.9 Å². The summed E-state index contributed by atoms with van der Waals surface area (Å²) in [5.74, 6) is 1.65. The van der Waals surface area contributed by atoms with Crippen LogP contribution in [0.4, 0.5) is 0 Å². The van der Waals surface area contributed by atoms with Crippen molar-refractivity contribution in [3.63, 3.8) is 0 Å². The lowest BCUT2D eigenvalue weighted by Crippen LogP contribution is -2.28. The minimum atomic E-state index is 0.0788. The lowest BCUT2D eigenvalue weighted by atomic mass is 9.98. The predicted molar refractivity (Wildman–Crippen MR) is 138 cm³/mol. The average molecular weight is 565 g/mol. The van der Waals surface area contributed by atoms with Gasteiger partial charge in [0, 0.05) is 24.8 Å². The lowest BCUT2D eigenvalue weighted by molar-refractivity contribution is 0.0992. The van der Waals surface area contributed by atoms with Gasteiger partial charge in [-0.3, -0.25) is 4.79 Å². The molecule has 0 N–H and O–H groups in total. The Bertz CT molecular complexity index is 1030. The van der Waals surface area contributed by atoms with Gasteiger partial charge in [0.2, 0.25) is 0 Å². The standard InChI is InChI=1S/C26H31Br2NO3/c1-4-7-11-24-25(19-10-8-9-12-23(19)32-24)22(30)17-18-15-20(27)26(21(28)16-18)31-14-13-29(5-2)6-3/h8-10,12,15-16H,4-7,11,13-14,17H2,1-3H3. The number of carbonyl (C=O) groups is 1. The number of ketones is 1. The highest BCUT2D eigenvalue weighted by Gasteiger charge is 2.21. The van der Waals surface area contributed by atoms with E-state index in [1.807, 2.05) is 36.4 Å². The molecule has 0 atom stereocenters. The normalized spacial score (nSPS) is 11.4. The second-order valence-electron chi connectivity index (χ2n) is 7.86. The molecular formula is C26H31Br2NO3. The molecule has 0 saturated carbocycles. The first-order valence-electron chi connectivity index (χ1n) is 11.3. The fraction of sp³-hybridized carbons (Fsp3) is 0.423. The molecule has 1 aromatic heterocycles. The zero-order chi connectivity index (χ0) is 23.1. The third kappa shape index (κ3) is 6.03. The van der Waals surface area contributed by atoms with E-state index in [9.17, 15) is 4.79 Å². The summed E-state index contributed by atoms with van der Waals surface area (Å²) in [6.07, 6.45) is 3.13. The van der Waals surface area contributed by atoms with Crippen molar-refractivity contribution in [3.05, 3.63) is 62.2 Å². The van der Waals surface area contributed by atoms with E-state index in [2.05, 4.69) is 57.5 Å². The van der Waals surface area contributed by atoms with Gasteiger partial charge in [-0.25, -0.2) is 0 Å². The minimum absolute atomic E-state index is 0.0788. The van der Waals surface area contributed by atoms with Crippen LogP contribution >= 0.6 is 31.9 Å². The molecule has 0 aliphatic rings. The van der Waals surface area contributed by atoms with Crippen molar-refractivity contribution >= 4 is 48.6 Å². The minimum Gasteiger partial charge on any atom is -0.490 e. The molecule has 0 unspecified atom stereocenters. The van der Waals surface area contributed by atoms with E-state index in [0.717, 1.165) is 81.4 Å². The molecule has 0 radical (unpaired) electrons. The maximum Gasteiger partial charge on any atom is 0.171 e. The number of aryl methyl sites for hydroxylation is 1. The fourth-order valence-corrected chi connectivity index (χ4v) is 5.37. The highest BCUT2D eigenvalue weighted by atomic mass is 79.9. The first-order chi connectivity index (χ1) is 15.5. The molecule has 4 nitrogen and oxygen atoms in total. The Balaban J connectivity index is 1.78. The van der Waals surface area contributed by atoms with Crippen LogP contribution in [0.15, 0.2) is 49.8 Å². The monoisotopic (exact) mass is 563 g/mol. The number of hydrogen-bond acceptors (Lipinski definition) is 4. The van der Waals surface area contributed by atoms with Crippen LogP contribution < -0.4 is 4.74 Å². The van der Waals surface area contributed by atoms with E-state index in [4.69, 9.17) is 9.15 Å². The molecule has 0 bridgehead atoms. The molecule has 2 aromatic carbocycles. The summed E-state index contributed by atoms with van der Waals surface area (Å²) in [6.45, 7) is 9.94. The van der Waals surface area contributed by atoms with Crippen LogP contribution in [-0.2, 0) is 12.8 Å². The van der Waals surface area contributed by atoms with E-state index >= 15 is 0 Å². The molecule has 0 spiro atoms. The number of unbranched alkanes of at least 4 members (excludes halogenated alkanes) is 1. The molecule has 3 rings (SSSR count). The summed E-state index contributed by atoms with van der Waals surface area (Å²) in [4.78, 5) is 15.7. The summed E-state index contributed by atoms with van der Waals surface area (Å²) in [5.41, 5.74) is 2.43. The van der Waals surface area contributed by atoms with Crippen molar-refractivity contribution in [1.29, 1.82) is 0 Å². The van der Waals surface area contributed by atoms with Crippen molar-refractivity contribution in [2.45, 2.75) is 46.5 Å². The number of ether oxygens (including phenoxy) is 1. The van der Waals surface area contributed by atoms with Crippen LogP contribution in [0, 0.1) is 0 Å². The molecule has 6 heteroatoms. The number of nitrogens with zero attached hydrogens (tertiary/aromatic N) is 1. The van der Waals surface area contributed by atoms with Crippen LogP contribution in [0.5, 0.6) is 5.75 Å². The molecule has 0 aliphatic carbocycles. The first-order valence-corrected chi connectivity index (χ1v) is 12.9. The van der Waals surface area contributed by atoms with E-state index in [1.54, 1.807) is 0 Å². The number of likely N-dealkylation sites (N-methyl/N-ethyl adjacent to an activating group) is 1. The van der Waals surface area contributed by atoms with Gasteiger partial charge in [-0.1, -0.05) is 45.4 Å². The van der Waals surface area contributed by atoms with Crippen LogP contribution in [0.2, 0.25) is 0 Å². The third-order valence-electron chi connectivity index (χ3n) is 5.68. The van der Waals surface area contributed by atoms with E-state index in [1.165, 1.54) is 0 Å². The summed E-state index contributed by atoms with van der Waals surface area (Å²) in [5, 5.41) is 0.901. The summed E-state index contributed by atoms with van der Waals surface area (Å²) in [6, 6.07) is 11.7. The second kappa shape index (κ2) is 12.0. The van der Waals surface area contributed by atoms with Gasteiger partial charge in [-0.2, -0.15) is 0 Å². The van der Waals surface area contributed by atoms with Gasteiger partial charge < -0.3 is 14.1 Å². The maximum absolute atomic E-state index is 13.4. The molecule has 172 valence electrons. The van der Waals surface area contributed by atoms with Crippen LogP contribution in [0.25, 0.3) is 11.0 Å². The van der Waals surface area contributed by atoms with E-state index < -0.39 is 0 Å². The van der Waals surface area contributed by atoms with Crippen molar-refractivity contribution in [2.24, 2.45) is 0 Å². The number of carbonyl (C=O) groups excluding carboxylic acids is 1. The smallest absolute Gasteiger partial charge is 0.171 e. The Labute approximate surface area is 207 Å². The highest BCUT2D eigenvalue weighted by molar-refractivity contribution is 9.11.